The Morgan fingerprint density at radius 3 is 2.70 bits per heavy atom. The zero-order valence-corrected chi connectivity index (χ0v) is 12.9. The SMILES string of the molecule is COC(=O)C1C2C=CC3(CN(c4ccc(OC)cc4)C(=O)C13)O2. The average molecular weight is 315 g/mol. The van der Waals surface area contributed by atoms with Crippen molar-refractivity contribution in [2.75, 3.05) is 25.7 Å². The van der Waals surface area contributed by atoms with Gasteiger partial charge in [0.15, 0.2) is 0 Å². The van der Waals surface area contributed by atoms with Crippen LogP contribution in [0.25, 0.3) is 0 Å². The van der Waals surface area contributed by atoms with Crippen molar-refractivity contribution in [2.24, 2.45) is 11.8 Å². The van der Waals surface area contributed by atoms with E-state index in [0.717, 1.165) is 11.4 Å². The lowest BCUT2D eigenvalue weighted by Crippen LogP contribution is -2.39. The van der Waals surface area contributed by atoms with Gasteiger partial charge in [0.1, 0.15) is 17.3 Å². The van der Waals surface area contributed by atoms with E-state index in [1.54, 1.807) is 24.1 Å². The van der Waals surface area contributed by atoms with Gasteiger partial charge in [-0.05, 0) is 24.3 Å². The maximum absolute atomic E-state index is 12.9. The molecule has 2 saturated heterocycles. The van der Waals surface area contributed by atoms with Crippen LogP contribution in [-0.4, -0.2) is 44.3 Å². The number of ether oxygens (including phenoxy) is 3. The molecule has 1 spiro atoms. The third-order valence-electron chi connectivity index (χ3n) is 4.96. The average Bonchev–Trinajstić information content (AvgIpc) is 3.22. The highest BCUT2D eigenvalue weighted by Crippen LogP contribution is 2.52. The largest absolute Gasteiger partial charge is 0.497 e. The lowest BCUT2D eigenvalue weighted by atomic mass is 9.77. The van der Waals surface area contributed by atoms with Gasteiger partial charge in [0, 0.05) is 5.69 Å². The molecule has 1 aromatic rings. The van der Waals surface area contributed by atoms with Crippen LogP contribution in [0.5, 0.6) is 5.75 Å². The summed E-state index contributed by atoms with van der Waals surface area (Å²) >= 11 is 0. The van der Waals surface area contributed by atoms with Crippen LogP contribution in [-0.2, 0) is 19.1 Å². The molecule has 2 bridgehead atoms. The number of hydrogen-bond donors (Lipinski definition) is 0. The third kappa shape index (κ3) is 1.84. The molecule has 0 aromatic heterocycles. The number of carbonyl (C=O) groups is 2. The van der Waals surface area contributed by atoms with Crippen molar-refractivity contribution in [3.05, 3.63) is 36.4 Å². The molecule has 3 aliphatic rings. The van der Waals surface area contributed by atoms with Crippen LogP contribution in [0, 0.1) is 11.8 Å². The van der Waals surface area contributed by atoms with Crippen molar-refractivity contribution in [1.82, 2.24) is 0 Å². The maximum Gasteiger partial charge on any atom is 0.312 e. The second kappa shape index (κ2) is 4.83. The Hall–Kier alpha value is -2.34. The van der Waals surface area contributed by atoms with Gasteiger partial charge in [-0.3, -0.25) is 9.59 Å². The first kappa shape index (κ1) is 14.3. The molecule has 6 nitrogen and oxygen atoms in total. The zero-order chi connectivity index (χ0) is 16.2. The Balaban J connectivity index is 1.68. The smallest absolute Gasteiger partial charge is 0.312 e. The number of anilines is 1. The number of esters is 1. The fourth-order valence-corrected chi connectivity index (χ4v) is 3.88. The molecule has 4 atom stereocenters. The summed E-state index contributed by atoms with van der Waals surface area (Å²) in [6, 6.07) is 7.27. The molecule has 1 aromatic carbocycles. The summed E-state index contributed by atoms with van der Waals surface area (Å²) in [5.41, 5.74) is 0.0456. The summed E-state index contributed by atoms with van der Waals surface area (Å²) in [5.74, 6) is -0.857. The first-order valence-corrected chi connectivity index (χ1v) is 7.50. The van der Waals surface area contributed by atoms with Gasteiger partial charge in [-0.1, -0.05) is 12.2 Å². The van der Waals surface area contributed by atoms with E-state index in [9.17, 15) is 9.59 Å². The Labute approximate surface area is 133 Å². The van der Waals surface area contributed by atoms with Crippen LogP contribution in [0.3, 0.4) is 0 Å². The molecule has 0 saturated carbocycles. The lowest BCUT2D eigenvalue weighted by Gasteiger charge is -2.22. The number of hydrogen-bond acceptors (Lipinski definition) is 5. The van der Waals surface area contributed by atoms with Gasteiger partial charge in [0.2, 0.25) is 5.91 Å². The van der Waals surface area contributed by atoms with Crippen LogP contribution in [0.2, 0.25) is 0 Å². The number of fused-ring (bicyclic) bond motifs is 1. The molecular weight excluding hydrogens is 298 g/mol. The van der Waals surface area contributed by atoms with Crippen molar-refractivity contribution < 1.29 is 23.8 Å². The summed E-state index contributed by atoms with van der Waals surface area (Å²) in [6.07, 6.45) is 3.42. The molecule has 6 heteroatoms. The van der Waals surface area contributed by atoms with Gasteiger partial charge in [-0.25, -0.2) is 0 Å². The number of nitrogens with zero attached hydrogens (tertiary/aromatic N) is 1. The fourth-order valence-electron chi connectivity index (χ4n) is 3.88. The van der Waals surface area contributed by atoms with Crippen LogP contribution >= 0.6 is 0 Å². The standard InChI is InChI=1S/C17H17NO5/c1-21-11-5-3-10(4-6-11)18-9-17-8-7-12(23-17)13(16(20)22-2)14(17)15(18)19/h3-8,12-14H,9H2,1-2H3. The monoisotopic (exact) mass is 315 g/mol. The molecule has 4 rings (SSSR count). The number of rotatable bonds is 3. The van der Waals surface area contributed by atoms with E-state index in [1.165, 1.54) is 7.11 Å². The molecule has 0 N–H and O–H groups in total. The Morgan fingerprint density at radius 2 is 2.04 bits per heavy atom. The number of carbonyl (C=O) groups excluding carboxylic acids is 2. The quantitative estimate of drug-likeness (QED) is 0.618. The van der Waals surface area contributed by atoms with Gasteiger partial charge in [0.25, 0.3) is 0 Å². The second-order valence-corrected chi connectivity index (χ2v) is 6.05. The minimum Gasteiger partial charge on any atom is -0.497 e. The number of methoxy groups -OCH3 is 2. The van der Waals surface area contributed by atoms with E-state index >= 15 is 0 Å². The molecule has 23 heavy (non-hydrogen) atoms. The zero-order valence-electron chi connectivity index (χ0n) is 12.9. The highest BCUT2D eigenvalue weighted by molar-refractivity contribution is 6.02. The molecule has 0 aliphatic carbocycles. The topological polar surface area (TPSA) is 65.1 Å². The molecule has 3 heterocycles. The van der Waals surface area contributed by atoms with Crippen LogP contribution < -0.4 is 9.64 Å². The molecule has 1 amide bonds. The van der Waals surface area contributed by atoms with Crippen molar-refractivity contribution in [3.8, 4) is 5.75 Å². The first-order chi connectivity index (χ1) is 11.1. The van der Waals surface area contributed by atoms with E-state index in [4.69, 9.17) is 14.2 Å². The minimum atomic E-state index is -0.722. The van der Waals surface area contributed by atoms with Gasteiger partial charge in [0.05, 0.1) is 32.8 Å². The first-order valence-electron chi connectivity index (χ1n) is 7.50. The molecule has 120 valence electrons. The Kier molecular flexibility index (Phi) is 2.99. The van der Waals surface area contributed by atoms with Crippen molar-refractivity contribution in [1.29, 1.82) is 0 Å². The number of amides is 1. The fraction of sp³-hybridized carbons (Fsp3) is 0.412. The van der Waals surface area contributed by atoms with E-state index in [1.807, 2.05) is 24.3 Å². The molecule has 4 unspecified atom stereocenters. The van der Waals surface area contributed by atoms with E-state index in [0.29, 0.717) is 6.54 Å². The number of benzene rings is 1. The van der Waals surface area contributed by atoms with Crippen molar-refractivity contribution >= 4 is 17.6 Å². The van der Waals surface area contributed by atoms with E-state index < -0.39 is 23.4 Å². The Bertz CT molecular complexity index is 697. The molecule has 3 aliphatic heterocycles. The second-order valence-electron chi connectivity index (χ2n) is 6.05. The predicted octanol–water partition coefficient (Wildman–Crippen LogP) is 1.15. The molecular formula is C17H17NO5. The van der Waals surface area contributed by atoms with Crippen molar-refractivity contribution in [3.63, 3.8) is 0 Å². The molecule has 0 radical (unpaired) electrons. The van der Waals surface area contributed by atoms with E-state index in [-0.39, 0.29) is 12.0 Å². The third-order valence-corrected chi connectivity index (χ3v) is 4.96. The highest BCUT2D eigenvalue weighted by atomic mass is 16.5. The van der Waals surface area contributed by atoms with Crippen LogP contribution in [0.4, 0.5) is 5.69 Å². The summed E-state index contributed by atoms with van der Waals surface area (Å²) in [5, 5.41) is 0. The molecule has 2 fully saturated rings. The van der Waals surface area contributed by atoms with Gasteiger partial charge >= 0.3 is 5.97 Å². The van der Waals surface area contributed by atoms with Crippen molar-refractivity contribution in [2.45, 2.75) is 11.7 Å². The summed E-state index contributed by atoms with van der Waals surface area (Å²) in [6.45, 7) is 0.406. The van der Waals surface area contributed by atoms with Crippen LogP contribution in [0.15, 0.2) is 36.4 Å². The van der Waals surface area contributed by atoms with Gasteiger partial charge < -0.3 is 19.1 Å². The summed E-state index contributed by atoms with van der Waals surface area (Å²) in [4.78, 5) is 26.7. The normalized spacial score (nSPS) is 33.9. The highest BCUT2D eigenvalue weighted by Gasteiger charge is 2.67. The van der Waals surface area contributed by atoms with Gasteiger partial charge in [-0.15, -0.1) is 0 Å². The summed E-state index contributed by atoms with van der Waals surface area (Å²) in [7, 11) is 2.93. The Morgan fingerprint density at radius 1 is 1.30 bits per heavy atom. The van der Waals surface area contributed by atoms with Gasteiger partial charge in [-0.2, -0.15) is 0 Å². The van der Waals surface area contributed by atoms with E-state index in [2.05, 4.69) is 0 Å². The summed E-state index contributed by atoms with van der Waals surface area (Å²) < 4.78 is 16.0. The predicted molar refractivity (Wildman–Crippen MR) is 81.1 cm³/mol. The lowest BCUT2D eigenvalue weighted by molar-refractivity contribution is -0.149. The van der Waals surface area contributed by atoms with Crippen LogP contribution in [0.1, 0.15) is 0 Å². The minimum absolute atomic E-state index is 0.0996. The maximum atomic E-state index is 12.9.